The number of nitrogens with zero attached hydrogens (tertiary/aromatic N) is 1. The third-order valence-corrected chi connectivity index (χ3v) is 6.93. The van der Waals surface area contributed by atoms with Gasteiger partial charge in [0.15, 0.2) is 0 Å². The molecule has 0 atom stereocenters. The van der Waals surface area contributed by atoms with Crippen LogP contribution in [0.25, 0.3) is 0 Å². The lowest BCUT2D eigenvalue weighted by atomic mass is 9.48. The highest BCUT2D eigenvalue weighted by Gasteiger charge is 2.51. The molecule has 2 nitrogen and oxygen atoms in total. The first-order valence-corrected chi connectivity index (χ1v) is 8.97. The Morgan fingerprint density at radius 3 is 1.95 bits per heavy atom. The van der Waals surface area contributed by atoms with Crippen LogP contribution in [0.3, 0.4) is 0 Å². The molecule has 0 aromatic heterocycles. The lowest BCUT2D eigenvalue weighted by Crippen LogP contribution is -2.47. The van der Waals surface area contributed by atoms with Gasteiger partial charge in [-0.15, -0.1) is 0 Å². The van der Waals surface area contributed by atoms with E-state index in [4.69, 9.17) is 0 Å². The first-order valence-electron chi connectivity index (χ1n) is 8.97. The minimum atomic E-state index is 0.535. The molecule has 2 heteroatoms. The molecule has 1 N–H and O–H groups in total. The van der Waals surface area contributed by atoms with Crippen molar-refractivity contribution in [3.8, 4) is 0 Å². The van der Waals surface area contributed by atoms with E-state index in [9.17, 15) is 5.21 Å². The van der Waals surface area contributed by atoms with Crippen LogP contribution in [0.2, 0.25) is 0 Å². The summed E-state index contributed by atoms with van der Waals surface area (Å²) in [5, 5.41) is 13.4. The van der Waals surface area contributed by atoms with E-state index in [1.807, 2.05) is 0 Å². The van der Waals surface area contributed by atoms with Gasteiger partial charge in [0.05, 0.1) is 5.71 Å². The number of hydrogen-bond donors (Lipinski definition) is 1. The molecule has 0 aliphatic heterocycles. The quantitative estimate of drug-likeness (QED) is 0.438. The summed E-state index contributed by atoms with van der Waals surface area (Å²) < 4.78 is 0. The zero-order valence-electron chi connectivity index (χ0n) is 12.7. The van der Waals surface area contributed by atoms with Crippen LogP contribution in [-0.2, 0) is 0 Å². The molecule has 5 aliphatic carbocycles. The molecular weight excluding hydrogens is 246 g/mol. The highest BCUT2D eigenvalue weighted by Crippen LogP contribution is 2.61. The second kappa shape index (κ2) is 5.03. The molecule has 0 aromatic rings. The van der Waals surface area contributed by atoms with Crippen LogP contribution < -0.4 is 0 Å². The molecule has 5 rings (SSSR count). The lowest BCUT2D eigenvalue weighted by Gasteiger charge is -2.57. The molecular formula is C18H29NO. The third kappa shape index (κ3) is 2.29. The Bertz CT molecular complexity index is 359. The second-order valence-electron chi connectivity index (χ2n) is 8.52. The zero-order chi connectivity index (χ0) is 13.6. The number of rotatable bonds is 3. The highest BCUT2D eigenvalue weighted by molar-refractivity contribution is 5.87. The van der Waals surface area contributed by atoms with Gasteiger partial charge in [-0.25, -0.2) is 0 Å². The Morgan fingerprint density at radius 2 is 1.45 bits per heavy atom. The van der Waals surface area contributed by atoms with E-state index in [0.717, 1.165) is 24.2 Å². The Hall–Kier alpha value is -0.530. The Balaban J connectivity index is 1.49. The fourth-order valence-corrected chi connectivity index (χ4v) is 6.59. The van der Waals surface area contributed by atoms with Crippen LogP contribution in [0.1, 0.15) is 77.0 Å². The van der Waals surface area contributed by atoms with Gasteiger partial charge in [0.25, 0.3) is 0 Å². The average Bonchev–Trinajstić information content (AvgIpc) is 2.44. The van der Waals surface area contributed by atoms with E-state index in [-0.39, 0.29) is 0 Å². The standard InChI is InChI=1S/C18H29NO/c20-19-17(16-4-2-1-3-5-16)12-18-9-13-6-14(10-18)8-15(7-13)11-18/h13-16,20H,1-12H2/b19-17-. The molecule has 0 unspecified atom stereocenters. The first kappa shape index (κ1) is 13.2. The van der Waals surface area contributed by atoms with Crippen molar-refractivity contribution in [2.24, 2.45) is 34.2 Å². The summed E-state index contributed by atoms with van der Waals surface area (Å²) >= 11 is 0. The third-order valence-electron chi connectivity index (χ3n) is 6.93. The monoisotopic (exact) mass is 275 g/mol. The fraction of sp³-hybridized carbons (Fsp3) is 0.944. The van der Waals surface area contributed by atoms with Crippen LogP contribution in [0.15, 0.2) is 5.16 Å². The molecule has 0 radical (unpaired) electrons. The van der Waals surface area contributed by atoms with Crippen molar-refractivity contribution in [2.45, 2.75) is 77.0 Å². The van der Waals surface area contributed by atoms with E-state index in [0.29, 0.717) is 11.3 Å². The molecule has 0 spiro atoms. The average molecular weight is 275 g/mol. The highest BCUT2D eigenvalue weighted by atomic mass is 16.4. The van der Waals surface area contributed by atoms with Gasteiger partial charge in [-0.1, -0.05) is 24.4 Å². The summed E-state index contributed by atoms with van der Waals surface area (Å²) in [6, 6.07) is 0. The Labute approximate surface area is 123 Å². The van der Waals surface area contributed by atoms with Crippen molar-refractivity contribution in [3.63, 3.8) is 0 Å². The molecule has 112 valence electrons. The molecule has 0 aromatic carbocycles. The van der Waals surface area contributed by atoms with Crippen LogP contribution in [0, 0.1) is 29.1 Å². The van der Waals surface area contributed by atoms with Crippen LogP contribution in [-0.4, -0.2) is 10.9 Å². The van der Waals surface area contributed by atoms with Crippen molar-refractivity contribution in [3.05, 3.63) is 0 Å². The maximum absolute atomic E-state index is 9.57. The Morgan fingerprint density at radius 1 is 0.900 bits per heavy atom. The van der Waals surface area contributed by atoms with Gasteiger partial charge in [0, 0.05) is 5.92 Å². The molecule has 4 bridgehead atoms. The SMILES string of the molecule is O/N=C(/CC12CC3CC(CC(C3)C1)C2)C1CCCCC1. The molecule has 0 saturated heterocycles. The van der Waals surface area contributed by atoms with Gasteiger partial charge >= 0.3 is 0 Å². The van der Waals surface area contributed by atoms with Crippen molar-refractivity contribution < 1.29 is 5.21 Å². The van der Waals surface area contributed by atoms with Gasteiger partial charge in [0.1, 0.15) is 0 Å². The maximum Gasteiger partial charge on any atom is 0.0607 e. The zero-order valence-corrected chi connectivity index (χ0v) is 12.7. The van der Waals surface area contributed by atoms with Crippen molar-refractivity contribution >= 4 is 5.71 Å². The van der Waals surface area contributed by atoms with E-state index in [1.165, 1.54) is 76.3 Å². The predicted molar refractivity (Wildman–Crippen MR) is 81.0 cm³/mol. The predicted octanol–water partition coefficient (Wildman–Crippen LogP) is 5.00. The molecule has 5 fully saturated rings. The van der Waals surface area contributed by atoms with Crippen LogP contribution in [0.5, 0.6) is 0 Å². The van der Waals surface area contributed by atoms with Crippen molar-refractivity contribution in [2.75, 3.05) is 0 Å². The first-order chi connectivity index (χ1) is 9.76. The summed E-state index contributed by atoms with van der Waals surface area (Å²) in [5.74, 6) is 3.62. The number of oxime groups is 1. The molecule has 5 aliphatic rings. The van der Waals surface area contributed by atoms with Crippen LogP contribution in [0.4, 0.5) is 0 Å². The van der Waals surface area contributed by atoms with Gasteiger partial charge in [-0.3, -0.25) is 0 Å². The van der Waals surface area contributed by atoms with Crippen molar-refractivity contribution in [1.82, 2.24) is 0 Å². The van der Waals surface area contributed by atoms with E-state index < -0.39 is 0 Å². The Kier molecular flexibility index (Phi) is 3.31. The largest absolute Gasteiger partial charge is 0.411 e. The minimum absolute atomic E-state index is 0.535. The smallest absolute Gasteiger partial charge is 0.0607 e. The number of hydrogen-bond acceptors (Lipinski definition) is 2. The van der Waals surface area contributed by atoms with E-state index in [1.54, 1.807) is 0 Å². The summed E-state index contributed by atoms with van der Waals surface area (Å²) in [7, 11) is 0. The van der Waals surface area contributed by atoms with E-state index >= 15 is 0 Å². The minimum Gasteiger partial charge on any atom is -0.411 e. The molecule has 20 heavy (non-hydrogen) atoms. The van der Waals surface area contributed by atoms with Gasteiger partial charge < -0.3 is 5.21 Å². The summed E-state index contributed by atoms with van der Waals surface area (Å²) in [6.45, 7) is 0. The summed E-state index contributed by atoms with van der Waals surface area (Å²) in [5.41, 5.74) is 1.71. The van der Waals surface area contributed by atoms with Gasteiger partial charge in [-0.2, -0.15) is 0 Å². The normalized spacial score (nSPS) is 45.0. The maximum atomic E-state index is 9.57. The van der Waals surface area contributed by atoms with Gasteiger partial charge in [0.2, 0.25) is 0 Å². The van der Waals surface area contributed by atoms with E-state index in [2.05, 4.69) is 5.16 Å². The molecule has 0 heterocycles. The summed E-state index contributed by atoms with van der Waals surface area (Å²) in [4.78, 5) is 0. The molecule has 5 saturated carbocycles. The lowest BCUT2D eigenvalue weighted by molar-refractivity contribution is -0.0490. The van der Waals surface area contributed by atoms with Crippen molar-refractivity contribution in [1.29, 1.82) is 0 Å². The van der Waals surface area contributed by atoms with Crippen LogP contribution >= 0.6 is 0 Å². The fourth-order valence-electron chi connectivity index (χ4n) is 6.59. The second-order valence-corrected chi connectivity index (χ2v) is 8.52. The topological polar surface area (TPSA) is 32.6 Å². The summed E-state index contributed by atoms with van der Waals surface area (Å²) in [6.07, 6.45) is 16.5. The molecule has 0 amide bonds. The van der Waals surface area contributed by atoms with Gasteiger partial charge in [-0.05, 0) is 81.0 Å².